The molecule has 30 heavy (non-hydrogen) atoms. The number of thioether (sulfide) groups is 1. The van der Waals surface area contributed by atoms with Crippen molar-refractivity contribution in [1.82, 2.24) is 4.90 Å². The van der Waals surface area contributed by atoms with Crippen LogP contribution in [0.2, 0.25) is 0 Å². The maximum atomic E-state index is 12.6. The fourth-order valence-corrected chi connectivity index (χ4v) is 4.01. The van der Waals surface area contributed by atoms with Gasteiger partial charge in [-0.15, -0.1) is 0 Å². The van der Waals surface area contributed by atoms with Crippen molar-refractivity contribution in [2.75, 3.05) is 20.3 Å². The van der Waals surface area contributed by atoms with E-state index in [9.17, 15) is 9.59 Å². The minimum Gasteiger partial charge on any atom is -0.493 e. The number of ether oxygens (including phenoxy) is 3. The van der Waals surface area contributed by atoms with Gasteiger partial charge in [-0.05, 0) is 36.3 Å². The summed E-state index contributed by atoms with van der Waals surface area (Å²) in [7, 11) is 1.56. The van der Waals surface area contributed by atoms with Crippen LogP contribution in [0.15, 0.2) is 53.4 Å². The zero-order chi connectivity index (χ0) is 21.5. The second kappa shape index (κ2) is 10.3. The highest BCUT2D eigenvalue weighted by Gasteiger charge is 2.33. The predicted octanol–water partition coefficient (Wildman–Crippen LogP) is 4.04. The Hall–Kier alpha value is -2.84. The van der Waals surface area contributed by atoms with Crippen molar-refractivity contribution in [2.45, 2.75) is 13.5 Å². The molecule has 0 N–H and O–H groups in total. The molecule has 1 saturated heterocycles. The Balaban J connectivity index is 1.73. The molecular formula is C22H21NO5S2. The maximum Gasteiger partial charge on any atom is 0.326 e. The molecule has 6 nitrogen and oxygen atoms in total. The van der Waals surface area contributed by atoms with Crippen molar-refractivity contribution in [3.63, 3.8) is 0 Å². The maximum absolute atomic E-state index is 12.6. The smallest absolute Gasteiger partial charge is 0.326 e. The van der Waals surface area contributed by atoms with Gasteiger partial charge in [-0.25, -0.2) is 0 Å². The molecule has 2 aromatic rings. The minimum atomic E-state index is -0.489. The van der Waals surface area contributed by atoms with E-state index in [1.54, 1.807) is 32.2 Å². The number of benzene rings is 2. The lowest BCUT2D eigenvalue weighted by Gasteiger charge is -2.13. The van der Waals surface area contributed by atoms with Crippen LogP contribution in [0, 0.1) is 0 Å². The van der Waals surface area contributed by atoms with Crippen molar-refractivity contribution >= 4 is 46.3 Å². The molecule has 156 valence electrons. The van der Waals surface area contributed by atoms with Crippen LogP contribution in [-0.4, -0.2) is 41.4 Å². The third-order valence-electron chi connectivity index (χ3n) is 4.19. The van der Waals surface area contributed by atoms with E-state index in [4.69, 9.17) is 26.4 Å². The number of hydrogen-bond acceptors (Lipinski definition) is 7. The number of hydrogen-bond donors (Lipinski definition) is 0. The normalized spacial score (nSPS) is 14.9. The summed E-state index contributed by atoms with van der Waals surface area (Å²) in [5, 5.41) is 0. The van der Waals surface area contributed by atoms with Gasteiger partial charge in [-0.3, -0.25) is 14.5 Å². The number of carbonyl (C=O) groups is 2. The molecule has 0 unspecified atom stereocenters. The van der Waals surface area contributed by atoms with Crippen LogP contribution in [0.25, 0.3) is 6.08 Å². The summed E-state index contributed by atoms with van der Waals surface area (Å²) in [5.41, 5.74) is 1.81. The van der Waals surface area contributed by atoms with E-state index < -0.39 is 5.97 Å². The molecule has 1 aliphatic rings. The van der Waals surface area contributed by atoms with Gasteiger partial charge in [0, 0.05) is 0 Å². The third-order valence-corrected chi connectivity index (χ3v) is 5.57. The van der Waals surface area contributed by atoms with Crippen molar-refractivity contribution < 1.29 is 23.8 Å². The van der Waals surface area contributed by atoms with Gasteiger partial charge in [0.25, 0.3) is 5.91 Å². The summed E-state index contributed by atoms with van der Waals surface area (Å²) in [6, 6.07) is 15.3. The average molecular weight is 444 g/mol. The molecule has 0 aromatic heterocycles. The van der Waals surface area contributed by atoms with Gasteiger partial charge >= 0.3 is 5.97 Å². The van der Waals surface area contributed by atoms with E-state index >= 15 is 0 Å². The molecule has 0 saturated carbocycles. The highest BCUT2D eigenvalue weighted by atomic mass is 32.2. The van der Waals surface area contributed by atoms with Crippen LogP contribution >= 0.6 is 24.0 Å². The second-order valence-corrected chi connectivity index (χ2v) is 7.93. The van der Waals surface area contributed by atoms with Crippen molar-refractivity contribution in [3.05, 3.63) is 64.6 Å². The Morgan fingerprint density at radius 2 is 1.93 bits per heavy atom. The molecule has 1 amide bonds. The zero-order valence-corrected chi connectivity index (χ0v) is 18.3. The summed E-state index contributed by atoms with van der Waals surface area (Å²) in [5.74, 6) is 0.355. The quantitative estimate of drug-likeness (QED) is 0.347. The number of esters is 1. The fourth-order valence-electron chi connectivity index (χ4n) is 2.75. The van der Waals surface area contributed by atoms with Gasteiger partial charge in [0.15, 0.2) is 11.5 Å². The van der Waals surface area contributed by atoms with E-state index in [1.807, 2.05) is 36.4 Å². The van der Waals surface area contributed by atoms with E-state index in [0.717, 1.165) is 22.9 Å². The van der Waals surface area contributed by atoms with E-state index in [0.29, 0.717) is 27.3 Å². The molecular weight excluding hydrogens is 422 g/mol. The number of nitrogens with zero attached hydrogens (tertiary/aromatic N) is 1. The number of thiocarbonyl (C=S) groups is 1. The summed E-state index contributed by atoms with van der Waals surface area (Å²) >= 11 is 6.39. The highest BCUT2D eigenvalue weighted by molar-refractivity contribution is 8.26. The summed E-state index contributed by atoms with van der Waals surface area (Å²) in [4.78, 5) is 26.0. The van der Waals surface area contributed by atoms with Gasteiger partial charge < -0.3 is 14.2 Å². The summed E-state index contributed by atoms with van der Waals surface area (Å²) in [6.07, 6.45) is 1.72. The average Bonchev–Trinajstić information content (AvgIpc) is 3.01. The minimum absolute atomic E-state index is 0.189. The van der Waals surface area contributed by atoms with Gasteiger partial charge in [0.2, 0.25) is 0 Å². The number of rotatable bonds is 8. The Kier molecular flexibility index (Phi) is 7.48. The van der Waals surface area contributed by atoms with E-state index in [-0.39, 0.29) is 19.1 Å². The highest BCUT2D eigenvalue weighted by Crippen LogP contribution is 2.35. The first kappa shape index (κ1) is 21.9. The van der Waals surface area contributed by atoms with Crippen LogP contribution in [0.4, 0.5) is 0 Å². The van der Waals surface area contributed by atoms with Crippen LogP contribution in [0.1, 0.15) is 18.1 Å². The number of carbonyl (C=O) groups excluding carboxylic acids is 2. The molecule has 3 rings (SSSR count). The zero-order valence-electron chi connectivity index (χ0n) is 16.6. The van der Waals surface area contributed by atoms with Crippen LogP contribution in [0.5, 0.6) is 11.5 Å². The molecule has 0 radical (unpaired) electrons. The summed E-state index contributed by atoms with van der Waals surface area (Å²) in [6.45, 7) is 2.19. The molecule has 2 aromatic carbocycles. The number of methoxy groups -OCH3 is 1. The summed E-state index contributed by atoms with van der Waals surface area (Å²) < 4.78 is 16.5. The van der Waals surface area contributed by atoms with Gasteiger partial charge in [-0.2, -0.15) is 0 Å². The molecule has 1 aliphatic heterocycles. The largest absolute Gasteiger partial charge is 0.493 e. The Bertz CT molecular complexity index is 975. The van der Waals surface area contributed by atoms with Gasteiger partial charge in [0.05, 0.1) is 18.6 Å². The fraction of sp³-hybridized carbons (Fsp3) is 0.227. The van der Waals surface area contributed by atoms with Crippen LogP contribution < -0.4 is 9.47 Å². The molecule has 0 aliphatic carbocycles. The van der Waals surface area contributed by atoms with Crippen molar-refractivity contribution in [2.24, 2.45) is 0 Å². The molecule has 0 spiro atoms. The monoisotopic (exact) mass is 443 g/mol. The van der Waals surface area contributed by atoms with Crippen molar-refractivity contribution in [1.29, 1.82) is 0 Å². The predicted molar refractivity (Wildman–Crippen MR) is 120 cm³/mol. The third kappa shape index (κ3) is 5.40. The second-order valence-electron chi connectivity index (χ2n) is 6.26. The molecule has 0 atom stereocenters. The Labute approximate surface area is 184 Å². The first-order chi connectivity index (χ1) is 14.5. The first-order valence-corrected chi connectivity index (χ1v) is 10.5. The molecule has 1 heterocycles. The van der Waals surface area contributed by atoms with Crippen LogP contribution in [0.3, 0.4) is 0 Å². The Morgan fingerprint density at radius 1 is 1.17 bits per heavy atom. The lowest BCUT2D eigenvalue weighted by molar-refractivity contribution is -0.145. The standard InChI is InChI=1S/C22H21NO5S2/c1-3-27-20(24)13-23-21(25)19(30-22(23)29)12-16-9-10-17(18(11-16)26-2)28-14-15-7-5-4-6-8-15/h4-12H,3,13-14H2,1-2H3. The lowest BCUT2D eigenvalue weighted by atomic mass is 10.1. The lowest BCUT2D eigenvalue weighted by Crippen LogP contribution is -2.34. The van der Waals surface area contributed by atoms with E-state index in [2.05, 4.69) is 0 Å². The molecule has 1 fully saturated rings. The number of amides is 1. The molecule has 0 bridgehead atoms. The van der Waals surface area contributed by atoms with Gasteiger partial charge in [-0.1, -0.05) is 60.4 Å². The van der Waals surface area contributed by atoms with Gasteiger partial charge in [0.1, 0.15) is 17.5 Å². The topological polar surface area (TPSA) is 65.1 Å². The molecule has 8 heteroatoms. The van der Waals surface area contributed by atoms with E-state index in [1.165, 1.54) is 4.90 Å². The van der Waals surface area contributed by atoms with Crippen LogP contribution in [-0.2, 0) is 20.9 Å². The first-order valence-electron chi connectivity index (χ1n) is 9.27. The Morgan fingerprint density at radius 3 is 2.63 bits per heavy atom. The SMILES string of the molecule is CCOC(=O)CN1C(=O)C(=Cc2ccc(OCc3ccccc3)c(OC)c2)SC1=S. The van der Waals surface area contributed by atoms with Crippen molar-refractivity contribution in [3.8, 4) is 11.5 Å².